The number of aryl methyl sites for hydroxylation is 1. The fourth-order valence-corrected chi connectivity index (χ4v) is 2.35. The lowest BCUT2D eigenvalue weighted by atomic mass is 10.2. The Balaban J connectivity index is 2.34. The summed E-state index contributed by atoms with van der Waals surface area (Å²) < 4.78 is 1.19. The molecule has 2 aromatic carbocycles. The van der Waals surface area contributed by atoms with E-state index in [9.17, 15) is 0 Å². The van der Waals surface area contributed by atoms with Crippen LogP contribution in [0.5, 0.6) is 0 Å². The Hall–Kier alpha value is -0.650. The predicted octanol–water partition coefficient (Wildman–Crippen LogP) is 5.23. The van der Waals surface area contributed by atoms with Gasteiger partial charge in [-0.3, -0.25) is 0 Å². The molecule has 0 saturated carbocycles. The third-order valence-corrected chi connectivity index (χ3v) is 4.43. The largest absolute Gasteiger partial charge is 0.397 e. The van der Waals surface area contributed by atoms with Crippen molar-refractivity contribution in [3.63, 3.8) is 0 Å². The second kappa shape index (κ2) is 5.55. The maximum atomic E-state index is 5.98. The molecule has 0 aliphatic heterocycles. The van der Waals surface area contributed by atoms with Crippen LogP contribution >= 0.6 is 45.8 Å². The molecule has 0 unspecified atom stereocenters. The van der Waals surface area contributed by atoms with Gasteiger partial charge in [-0.2, -0.15) is 0 Å². The highest BCUT2D eigenvalue weighted by Gasteiger charge is 2.06. The van der Waals surface area contributed by atoms with Crippen LogP contribution in [0.25, 0.3) is 0 Å². The van der Waals surface area contributed by atoms with Gasteiger partial charge in [0.2, 0.25) is 0 Å². The van der Waals surface area contributed by atoms with E-state index in [2.05, 4.69) is 47.0 Å². The normalized spacial score (nSPS) is 10.4. The van der Waals surface area contributed by atoms with Crippen LogP contribution in [0.1, 0.15) is 5.56 Å². The third kappa shape index (κ3) is 3.02. The van der Waals surface area contributed by atoms with E-state index in [-0.39, 0.29) is 0 Å². The van der Waals surface area contributed by atoms with Gasteiger partial charge >= 0.3 is 0 Å². The summed E-state index contributed by atoms with van der Waals surface area (Å²) in [6, 6.07) is 9.48. The molecule has 0 aliphatic rings. The highest BCUT2D eigenvalue weighted by molar-refractivity contribution is 14.1. The summed E-state index contributed by atoms with van der Waals surface area (Å²) in [5.41, 5.74) is 9.43. The minimum Gasteiger partial charge on any atom is -0.397 e. The second-order valence-corrected chi connectivity index (χ2v) is 5.92. The van der Waals surface area contributed by atoms with Gasteiger partial charge < -0.3 is 11.1 Å². The van der Waals surface area contributed by atoms with E-state index in [1.165, 1.54) is 9.13 Å². The van der Waals surface area contributed by atoms with Crippen LogP contribution in [0.4, 0.5) is 17.1 Å². The first-order chi connectivity index (χ1) is 8.47. The van der Waals surface area contributed by atoms with Crippen molar-refractivity contribution >= 4 is 62.9 Å². The maximum absolute atomic E-state index is 5.98. The zero-order valence-corrected chi connectivity index (χ0v) is 13.3. The number of nitrogens with two attached hydrogens (primary N) is 1. The van der Waals surface area contributed by atoms with Crippen molar-refractivity contribution in [2.24, 2.45) is 0 Å². The van der Waals surface area contributed by atoms with Gasteiger partial charge in [-0.15, -0.1) is 0 Å². The van der Waals surface area contributed by atoms with Crippen LogP contribution in [-0.4, -0.2) is 0 Å². The molecule has 0 spiro atoms. The molecule has 94 valence electrons. The average Bonchev–Trinajstić information content (AvgIpc) is 2.31. The van der Waals surface area contributed by atoms with Crippen molar-refractivity contribution in [2.45, 2.75) is 6.92 Å². The standard InChI is InChI=1S/C13H11Cl2IN2/c1-7-2-3-8(4-11(7)16)18-13-6-10(15)9(14)5-12(13)17/h2-6,18H,17H2,1H3. The van der Waals surface area contributed by atoms with Crippen molar-refractivity contribution in [3.05, 3.63) is 49.5 Å². The van der Waals surface area contributed by atoms with Crippen LogP contribution in [0.15, 0.2) is 30.3 Å². The quantitative estimate of drug-likeness (QED) is 0.542. The predicted molar refractivity (Wildman–Crippen MR) is 88.1 cm³/mol. The molecule has 18 heavy (non-hydrogen) atoms. The van der Waals surface area contributed by atoms with E-state index >= 15 is 0 Å². The van der Waals surface area contributed by atoms with Crippen molar-refractivity contribution in [1.82, 2.24) is 0 Å². The first-order valence-electron chi connectivity index (χ1n) is 5.25. The maximum Gasteiger partial charge on any atom is 0.0633 e. The molecular formula is C13H11Cl2IN2. The van der Waals surface area contributed by atoms with Crippen LogP contribution < -0.4 is 11.1 Å². The third-order valence-electron chi connectivity index (χ3n) is 2.54. The molecule has 0 saturated heterocycles. The van der Waals surface area contributed by atoms with Gasteiger partial charge in [0.15, 0.2) is 0 Å². The number of nitrogen functional groups attached to an aromatic ring is 1. The first kappa shape index (κ1) is 13.8. The van der Waals surface area contributed by atoms with Gasteiger partial charge in [-0.25, -0.2) is 0 Å². The molecule has 2 nitrogen and oxygen atoms in total. The zero-order valence-electron chi connectivity index (χ0n) is 9.60. The van der Waals surface area contributed by atoms with Crippen LogP contribution in [0.3, 0.4) is 0 Å². The Morgan fingerprint density at radius 1 is 1.11 bits per heavy atom. The number of benzene rings is 2. The molecule has 5 heteroatoms. The molecule has 0 atom stereocenters. The minimum atomic E-state index is 0.457. The molecule has 0 radical (unpaired) electrons. The monoisotopic (exact) mass is 392 g/mol. The van der Waals surface area contributed by atoms with Crippen molar-refractivity contribution in [1.29, 1.82) is 0 Å². The lowest BCUT2D eigenvalue weighted by Gasteiger charge is -2.11. The fraction of sp³-hybridized carbons (Fsp3) is 0.0769. The summed E-state index contributed by atoms with van der Waals surface area (Å²) in [4.78, 5) is 0. The molecule has 0 amide bonds. The van der Waals surface area contributed by atoms with E-state index in [0.717, 1.165) is 11.4 Å². The van der Waals surface area contributed by atoms with Crippen molar-refractivity contribution in [3.8, 4) is 0 Å². The van der Waals surface area contributed by atoms with E-state index in [1.54, 1.807) is 12.1 Å². The van der Waals surface area contributed by atoms with Crippen LogP contribution in [0.2, 0.25) is 10.0 Å². The van der Waals surface area contributed by atoms with Gasteiger partial charge in [0, 0.05) is 9.26 Å². The van der Waals surface area contributed by atoms with E-state index in [4.69, 9.17) is 28.9 Å². The molecule has 0 fully saturated rings. The van der Waals surface area contributed by atoms with Gasteiger partial charge in [-0.1, -0.05) is 29.3 Å². The minimum absolute atomic E-state index is 0.457. The van der Waals surface area contributed by atoms with Crippen LogP contribution in [0, 0.1) is 10.5 Å². The summed E-state index contributed by atoms with van der Waals surface area (Å²) in [7, 11) is 0. The summed E-state index contributed by atoms with van der Waals surface area (Å²) in [6.45, 7) is 2.07. The first-order valence-corrected chi connectivity index (χ1v) is 7.08. The number of halogens is 3. The number of rotatable bonds is 2. The second-order valence-electron chi connectivity index (χ2n) is 3.94. The average molecular weight is 393 g/mol. The number of anilines is 3. The smallest absolute Gasteiger partial charge is 0.0633 e. The SMILES string of the molecule is Cc1ccc(Nc2cc(Cl)c(Cl)cc2N)cc1I. The summed E-state index contributed by atoms with van der Waals surface area (Å²) >= 11 is 14.2. The Morgan fingerprint density at radius 3 is 2.44 bits per heavy atom. The van der Waals surface area contributed by atoms with Gasteiger partial charge in [0.05, 0.1) is 21.4 Å². The number of hydrogen-bond donors (Lipinski definition) is 2. The zero-order chi connectivity index (χ0) is 13.3. The molecule has 0 aliphatic carbocycles. The highest BCUT2D eigenvalue weighted by atomic mass is 127. The summed E-state index contributed by atoms with van der Waals surface area (Å²) in [5.74, 6) is 0. The molecule has 0 bridgehead atoms. The van der Waals surface area contributed by atoms with E-state index in [1.807, 2.05) is 6.07 Å². The highest BCUT2D eigenvalue weighted by Crippen LogP contribution is 2.32. The molecule has 0 heterocycles. The Bertz CT molecular complexity index is 600. The topological polar surface area (TPSA) is 38.0 Å². The fourth-order valence-electron chi connectivity index (χ4n) is 1.50. The molecule has 2 aromatic rings. The molecule has 2 rings (SSSR count). The molecular weight excluding hydrogens is 382 g/mol. The van der Waals surface area contributed by atoms with Crippen LogP contribution in [-0.2, 0) is 0 Å². The van der Waals surface area contributed by atoms with Gasteiger partial charge in [0.1, 0.15) is 0 Å². The summed E-state index contributed by atoms with van der Waals surface area (Å²) in [6.07, 6.45) is 0. The van der Waals surface area contributed by atoms with Crippen molar-refractivity contribution < 1.29 is 0 Å². The van der Waals surface area contributed by atoms with E-state index < -0.39 is 0 Å². The molecule has 0 aromatic heterocycles. The number of hydrogen-bond acceptors (Lipinski definition) is 2. The number of nitrogens with one attached hydrogen (secondary N) is 1. The Morgan fingerprint density at radius 2 is 1.78 bits per heavy atom. The Labute approximate surface area is 130 Å². The van der Waals surface area contributed by atoms with Gasteiger partial charge in [0.25, 0.3) is 0 Å². The van der Waals surface area contributed by atoms with Gasteiger partial charge in [-0.05, 0) is 59.3 Å². The lowest BCUT2D eigenvalue weighted by molar-refractivity contribution is 1.41. The molecule has 3 N–H and O–H groups in total. The summed E-state index contributed by atoms with van der Waals surface area (Å²) in [5, 5.41) is 4.17. The van der Waals surface area contributed by atoms with Crippen molar-refractivity contribution in [2.75, 3.05) is 11.1 Å². The van der Waals surface area contributed by atoms with E-state index in [0.29, 0.717) is 15.7 Å². The lowest BCUT2D eigenvalue weighted by Crippen LogP contribution is -1.97. The Kier molecular flexibility index (Phi) is 4.25.